The molecule has 0 saturated heterocycles. The lowest BCUT2D eigenvalue weighted by Gasteiger charge is -2.45. The molecule has 2 aliphatic rings. The van der Waals surface area contributed by atoms with Crippen molar-refractivity contribution in [3.8, 4) is 0 Å². The molecule has 0 bridgehead atoms. The van der Waals surface area contributed by atoms with E-state index in [4.69, 9.17) is 18.9 Å². The van der Waals surface area contributed by atoms with Crippen molar-refractivity contribution in [1.29, 1.82) is 0 Å². The molecule has 0 N–H and O–H groups in total. The first-order chi connectivity index (χ1) is 10.6. The first kappa shape index (κ1) is 17.9. The van der Waals surface area contributed by atoms with Gasteiger partial charge in [-0.15, -0.1) is 0 Å². The van der Waals surface area contributed by atoms with Crippen LogP contribution in [0.1, 0.15) is 51.4 Å². The van der Waals surface area contributed by atoms with E-state index < -0.39 is 11.2 Å². The van der Waals surface area contributed by atoms with Crippen molar-refractivity contribution in [3.05, 3.63) is 0 Å². The first-order valence-corrected chi connectivity index (χ1v) is 8.26. The fourth-order valence-corrected chi connectivity index (χ4v) is 4.05. The van der Waals surface area contributed by atoms with E-state index in [-0.39, 0.29) is 18.0 Å². The second kappa shape index (κ2) is 7.39. The minimum atomic E-state index is -0.717. The molecule has 0 heterocycles. The van der Waals surface area contributed by atoms with Crippen LogP contribution in [0.5, 0.6) is 0 Å². The smallest absolute Gasteiger partial charge is 0.196 e. The Hall–Kier alpha value is -0.490. The molecule has 128 valence electrons. The van der Waals surface area contributed by atoms with Gasteiger partial charge in [0.25, 0.3) is 0 Å². The maximum Gasteiger partial charge on any atom is 0.196 e. The van der Waals surface area contributed by atoms with Crippen molar-refractivity contribution in [2.24, 2.45) is 0 Å². The average Bonchev–Trinajstić information content (AvgIpc) is 2.61. The van der Waals surface area contributed by atoms with Gasteiger partial charge in [-0.25, -0.2) is 0 Å². The van der Waals surface area contributed by atoms with Crippen LogP contribution in [0.4, 0.5) is 0 Å². The van der Waals surface area contributed by atoms with Crippen LogP contribution in [0.15, 0.2) is 0 Å². The second-order valence-corrected chi connectivity index (χ2v) is 6.60. The van der Waals surface area contributed by atoms with Crippen molar-refractivity contribution in [2.75, 3.05) is 28.4 Å². The van der Waals surface area contributed by atoms with Crippen LogP contribution in [-0.2, 0) is 23.7 Å². The predicted molar refractivity (Wildman–Crippen MR) is 83.0 cm³/mol. The van der Waals surface area contributed by atoms with E-state index in [0.717, 1.165) is 25.7 Å². The van der Waals surface area contributed by atoms with Gasteiger partial charge in [-0.1, -0.05) is 0 Å². The summed E-state index contributed by atoms with van der Waals surface area (Å²) in [6, 6.07) is 0. The molecule has 22 heavy (non-hydrogen) atoms. The molecule has 2 fully saturated rings. The molecule has 0 unspecified atom stereocenters. The minimum Gasteiger partial charge on any atom is -0.381 e. The summed E-state index contributed by atoms with van der Waals surface area (Å²) < 4.78 is 22.3. The molecule has 2 saturated carbocycles. The summed E-state index contributed by atoms with van der Waals surface area (Å²) in [5.74, 6) is 0.120. The number of ether oxygens (including phenoxy) is 4. The van der Waals surface area contributed by atoms with Gasteiger partial charge < -0.3 is 18.9 Å². The molecule has 0 amide bonds. The SMILES string of the molecule is COC1CCC(OC)(C(=O)C2(OC)CCC(OC)CC2)CC1. The average molecular weight is 314 g/mol. The molecule has 0 spiro atoms. The topological polar surface area (TPSA) is 54.0 Å². The highest BCUT2D eigenvalue weighted by Gasteiger charge is 2.53. The zero-order valence-electron chi connectivity index (χ0n) is 14.4. The number of carbonyl (C=O) groups excluding carboxylic acids is 1. The van der Waals surface area contributed by atoms with Gasteiger partial charge >= 0.3 is 0 Å². The highest BCUT2D eigenvalue weighted by molar-refractivity contribution is 5.95. The lowest BCUT2D eigenvalue weighted by Crippen LogP contribution is -2.58. The molecule has 2 aliphatic carbocycles. The summed E-state index contributed by atoms with van der Waals surface area (Å²) >= 11 is 0. The zero-order chi connectivity index (χ0) is 16.2. The maximum atomic E-state index is 13.3. The van der Waals surface area contributed by atoms with Crippen molar-refractivity contribution in [3.63, 3.8) is 0 Å². The van der Waals surface area contributed by atoms with E-state index in [1.807, 2.05) is 0 Å². The fraction of sp³-hybridized carbons (Fsp3) is 0.941. The zero-order valence-corrected chi connectivity index (χ0v) is 14.4. The summed E-state index contributed by atoms with van der Waals surface area (Å²) in [6.07, 6.45) is 6.73. The van der Waals surface area contributed by atoms with Crippen LogP contribution in [0.2, 0.25) is 0 Å². The van der Waals surface area contributed by atoms with E-state index in [9.17, 15) is 4.79 Å². The highest BCUT2D eigenvalue weighted by Crippen LogP contribution is 2.42. The van der Waals surface area contributed by atoms with Gasteiger partial charge in [0.1, 0.15) is 11.2 Å². The highest BCUT2D eigenvalue weighted by atomic mass is 16.5. The third-order valence-electron chi connectivity index (χ3n) is 5.76. The second-order valence-electron chi connectivity index (χ2n) is 6.60. The monoisotopic (exact) mass is 314 g/mol. The quantitative estimate of drug-likeness (QED) is 0.754. The number of ketones is 1. The maximum absolute atomic E-state index is 13.3. The molecule has 5 nitrogen and oxygen atoms in total. The Labute approximate surface area is 133 Å². The largest absolute Gasteiger partial charge is 0.381 e. The van der Waals surface area contributed by atoms with Crippen LogP contribution in [0.25, 0.3) is 0 Å². The van der Waals surface area contributed by atoms with E-state index in [1.165, 1.54) is 0 Å². The predicted octanol–water partition coefficient (Wildman–Crippen LogP) is 2.50. The van der Waals surface area contributed by atoms with Gasteiger partial charge in [0.05, 0.1) is 12.2 Å². The molecule has 0 aliphatic heterocycles. The number of methoxy groups -OCH3 is 4. The minimum absolute atomic E-state index is 0.120. The van der Waals surface area contributed by atoms with Gasteiger partial charge in [0.2, 0.25) is 0 Å². The van der Waals surface area contributed by atoms with Crippen molar-refractivity contribution >= 4 is 5.78 Å². The standard InChI is InChI=1S/C17H30O5/c1-19-13-5-9-16(21-3,10-6-13)15(18)17(22-4)11-7-14(20-2)8-12-17/h13-14H,5-12H2,1-4H3. The molecule has 0 aromatic heterocycles. The third kappa shape index (κ3) is 3.23. The Morgan fingerprint density at radius 2 is 1.05 bits per heavy atom. The van der Waals surface area contributed by atoms with E-state index in [2.05, 4.69) is 0 Å². The molecule has 0 radical (unpaired) electrons. The third-order valence-corrected chi connectivity index (χ3v) is 5.76. The van der Waals surface area contributed by atoms with Crippen LogP contribution in [-0.4, -0.2) is 57.6 Å². The molecule has 2 rings (SSSR count). The van der Waals surface area contributed by atoms with Gasteiger partial charge in [-0.2, -0.15) is 0 Å². The molecule has 5 heteroatoms. The first-order valence-electron chi connectivity index (χ1n) is 8.26. The Morgan fingerprint density at radius 3 is 1.27 bits per heavy atom. The van der Waals surface area contributed by atoms with Crippen molar-refractivity contribution in [2.45, 2.75) is 74.8 Å². The van der Waals surface area contributed by atoms with Crippen molar-refractivity contribution < 1.29 is 23.7 Å². The summed E-state index contributed by atoms with van der Waals surface area (Å²) in [5.41, 5.74) is -1.43. The molecule has 0 aromatic carbocycles. The fourth-order valence-electron chi connectivity index (χ4n) is 4.05. The number of carbonyl (C=O) groups is 1. The lowest BCUT2D eigenvalue weighted by molar-refractivity contribution is -0.177. The van der Waals surface area contributed by atoms with Gasteiger partial charge in [-0.3, -0.25) is 4.79 Å². The molecule has 0 atom stereocenters. The normalized spacial score (nSPS) is 39.6. The summed E-state index contributed by atoms with van der Waals surface area (Å²) in [4.78, 5) is 13.3. The molecule has 0 aromatic rings. The number of hydrogen-bond donors (Lipinski definition) is 0. The van der Waals surface area contributed by atoms with E-state index in [1.54, 1.807) is 28.4 Å². The lowest BCUT2D eigenvalue weighted by atomic mass is 9.70. The van der Waals surface area contributed by atoms with Crippen LogP contribution in [0.3, 0.4) is 0 Å². The van der Waals surface area contributed by atoms with Crippen molar-refractivity contribution in [1.82, 2.24) is 0 Å². The number of Topliss-reactive ketones (excluding diaryl/α,β-unsaturated/α-hetero) is 1. The Kier molecular flexibility index (Phi) is 6.00. The van der Waals surface area contributed by atoms with Crippen LogP contribution >= 0.6 is 0 Å². The van der Waals surface area contributed by atoms with Crippen LogP contribution < -0.4 is 0 Å². The Balaban J connectivity index is 2.13. The molecular formula is C17H30O5. The Morgan fingerprint density at radius 1 is 0.727 bits per heavy atom. The summed E-state index contributed by atoms with van der Waals surface area (Å²) in [7, 11) is 6.76. The van der Waals surface area contributed by atoms with E-state index in [0.29, 0.717) is 25.7 Å². The Bertz CT molecular complexity index is 331. The number of rotatable bonds is 6. The summed E-state index contributed by atoms with van der Waals surface area (Å²) in [6.45, 7) is 0. The molecular weight excluding hydrogens is 284 g/mol. The number of hydrogen-bond acceptors (Lipinski definition) is 5. The van der Waals surface area contributed by atoms with Crippen LogP contribution in [0, 0.1) is 0 Å². The summed E-state index contributed by atoms with van der Waals surface area (Å²) in [5, 5.41) is 0. The van der Waals surface area contributed by atoms with Gasteiger partial charge in [-0.05, 0) is 51.4 Å². The van der Waals surface area contributed by atoms with E-state index >= 15 is 0 Å². The van der Waals surface area contributed by atoms with Gasteiger partial charge in [0.15, 0.2) is 5.78 Å². The van der Waals surface area contributed by atoms with Gasteiger partial charge in [0, 0.05) is 28.4 Å².